The Hall–Kier alpha value is -0.0800. The molecule has 0 aromatic rings. The number of hydrogen-bond donors (Lipinski definition) is 1. The van der Waals surface area contributed by atoms with Crippen molar-refractivity contribution < 1.29 is 9.84 Å². The lowest BCUT2D eigenvalue weighted by atomic mass is 10.2. The van der Waals surface area contributed by atoms with E-state index in [1.54, 1.807) is 0 Å². The van der Waals surface area contributed by atoms with Crippen molar-refractivity contribution in [1.82, 2.24) is 0 Å². The molecular weight excluding hydrogens is 80.0 g/mol. The summed E-state index contributed by atoms with van der Waals surface area (Å²) in [7, 11) is 0. The molecule has 1 N–H and O–H groups in total. The van der Waals surface area contributed by atoms with E-state index in [0.717, 1.165) is 6.61 Å². The highest BCUT2D eigenvalue weighted by atomic mass is 16.6. The average molecular weight is 88.1 g/mol. The van der Waals surface area contributed by atoms with Crippen LogP contribution in [0.15, 0.2) is 0 Å². The SMILES string of the molecule is CC1(CO)CO1. The van der Waals surface area contributed by atoms with Crippen LogP contribution in [-0.4, -0.2) is 23.9 Å². The third kappa shape index (κ3) is 0.533. The van der Waals surface area contributed by atoms with E-state index in [9.17, 15) is 0 Å². The van der Waals surface area contributed by atoms with Gasteiger partial charge in [-0.3, -0.25) is 0 Å². The van der Waals surface area contributed by atoms with E-state index in [-0.39, 0.29) is 12.2 Å². The summed E-state index contributed by atoms with van der Waals surface area (Å²) in [5.41, 5.74) is -0.153. The summed E-state index contributed by atoms with van der Waals surface area (Å²) in [5.74, 6) is 0. The van der Waals surface area contributed by atoms with Crippen LogP contribution in [0, 0.1) is 0 Å². The van der Waals surface area contributed by atoms with E-state index in [0.29, 0.717) is 0 Å². The van der Waals surface area contributed by atoms with Crippen molar-refractivity contribution in [2.45, 2.75) is 12.5 Å². The first-order chi connectivity index (χ1) is 2.77. The van der Waals surface area contributed by atoms with E-state index in [4.69, 9.17) is 9.84 Å². The van der Waals surface area contributed by atoms with Gasteiger partial charge in [0.25, 0.3) is 0 Å². The zero-order valence-electron chi connectivity index (χ0n) is 3.77. The zero-order valence-corrected chi connectivity index (χ0v) is 3.77. The molecule has 1 unspecified atom stereocenters. The van der Waals surface area contributed by atoms with Gasteiger partial charge in [0.1, 0.15) is 5.60 Å². The molecule has 1 aliphatic heterocycles. The van der Waals surface area contributed by atoms with Crippen LogP contribution in [0.4, 0.5) is 0 Å². The fraction of sp³-hybridized carbons (Fsp3) is 1.00. The Balaban J connectivity index is 2.28. The Morgan fingerprint density at radius 1 is 2.00 bits per heavy atom. The third-order valence-corrected chi connectivity index (χ3v) is 0.972. The number of hydrogen-bond acceptors (Lipinski definition) is 2. The predicted octanol–water partition coefficient (Wildman–Crippen LogP) is -0.232. The monoisotopic (exact) mass is 88.1 g/mol. The molecule has 0 aromatic heterocycles. The van der Waals surface area contributed by atoms with Crippen LogP contribution in [-0.2, 0) is 4.74 Å². The van der Waals surface area contributed by atoms with Gasteiger partial charge in [-0.25, -0.2) is 0 Å². The second kappa shape index (κ2) is 0.950. The summed E-state index contributed by atoms with van der Waals surface area (Å²) in [6, 6.07) is 0. The summed E-state index contributed by atoms with van der Waals surface area (Å²) in [6.07, 6.45) is 0. The summed E-state index contributed by atoms with van der Waals surface area (Å²) in [5, 5.41) is 8.34. The van der Waals surface area contributed by atoms with Crippen molar-refractivity contribution >= 4 is 0 Å². The van der Waals surface area contributed by atoms with Crippen molar-refractivity contribution in [3.05, 3.63) is 0 Å². The molecule has 1 atom stereocenters. The first kappa shape index (κ1) is 4.09. The molecule has 2 nitrogen and oxygen atoms in total. The van der Waals surface area contributed by atoms with Gasteiger partial charge in [-0.1, -0.05) is 0 Å². The highest BCUT2D eigenvalue weighted by Crippen LogP contribution is 2.23. The summed E-state index contributed by atoms with van der Waals surface area (Å²) >= 11 is 0. The quantitative estimate of drug-likeness (QED) is 0.449. The lowest BCUT2D eigenvalue weighted by Gasteiger charge is -1.91. The molecule has 0 spiro atoms. The molecule has 0 bridgehead atoms. The average Bonchev–Trinajstić information content (AvgIpc) is 2.22. The lowest BCUT2D eigenvalue weighted by molar-refractivity contribution is 0.185. The van der Waals surface area contributed by atoms with Crippen molar-refractivity contribution in [1.29, 1.82) is 0 Å². The van der Waals surface area contributed by atoms with Gasteiger partial charge in [-0.15, -0.1) is 0 Å². The fourth-order valence-electron chi connectivity index (χ4n) is 0.214. The molecule has 0 radical (unpaired) electrons. The van der Waals surface area contributed by atoms with E-state index in [1.807, 2.05) is 6.92 Å². The molecule has 1 heterocycles. The van der Waals surface area contributed by atoms with Crippen LogP contribution in [0.5, 0.6) is 0 Å². The molecular formula is C4H8O2. The molecule has 1 saturated heterocycles. The number of aliphatic hydroxyl groups is 1. The van der Waals surface area contributed by atoms with Crippen molar-refractivity contribution in [2.24, 2.45) is 0 Å². The van der Waals surface area contributed by atoms with Gasteiger partial charge in [-0.05, 0) is 6.92 Å². The van der Waals surface area contributed by atoms with Crippen LogP contribution in [0.25, 0.3) is 0 Å². The Morgan fingerprint density at radius 3 is 2.50 bits per heavy atom. The molecule has 0 aliphatic carbocycles. The number of aliphatic hydroxyl groups excluding tert-OH is 1. The second-order valence-corrected chi connectivity index (χ2v) is 1.90. The molecule has 36 valence electrons. The second-order valence-electron chi connectivity index (χ2n) is 1.90. The Kier molecular flexibility index (Phi) is 0.648. The van der Waals surface area contributed by atoms with Crippen LogP contribution in [0.1, 0.15) is 6.92 Å². The summed E-state index contributed by atoms with van der Waals surface area (Å²) in [6.45, 7) is 2.77. The molecule has 6 heavy (non-hydrogen) atoms. The van der Waals surface area contributed by atoms with E-state index in [2.05, 4.69) is 0 Å². The molecule has 0 saturated carbocycles. The van der Waals surface area contributed by atoms with Gasteiger partial charge < -0.3 is 9.84 Å². The molecule has 0 aromatic carbocycles. The zero-order chi connectivity index (χ0) is 4.62. The van der Waals surface area contributed by atoms with Gasteiger partial charge in [0.05, 0.1) is 13.2 Å². The molecule has 1 rings (SSSR count). The Morgan fingerprint density at radius 2 is 2.50 bits per heavy atom. The predicted molar refractivity (Wildman–Crippen MR) is 21.4 cm³/mol. The van der Waals surface area contributed by atoms with Gasteiger partial charge in [0.2, 0.25) is 0 Å². The lowest BCUT2D eigenvalue weighted by Crippen LogP contribution is -2.09. The minimum absolute atomic E-state index is 0.153. The standard InChI is InChI=1S/C4H8O2/c1-4(2-5)3-6-4/h5H,2-3H2,1H3. The highest BCUT2D eigenvalue weighted by Gasteiger charge is 2.38. The first-order valence-electron chi connectivity index (χ1n) is 2.02. The fourth-order valence-corrected chi connectivity index (χ4v) is 0.214. The van der Waals surface area contributed by atoms with E-state index in [1.165, 1.54) is 0 Å². The maximum Gasteiger partial charge on any atom is 0.112 e. The van der Waals surface area contributed by atoms with Crippen LogP contribution >= 0.6 is 0 Å². The number of rotatable bonds is 1. The highest BCUT2D eigenvalue weighted by molar-refractivity contribution is 4.85. The van der Waals surface area contributed by atoms with Gasteiger partial charge in [0.15, 0.2) is 0 Å². The van der Waals surface area contributed by atoms with Gasteiger partial charge >= 0.3 is 0 Å². The normalized spacial score (nSPS) is 43.0. The van der Waals surface area contributed by atoms with Crippen molar-refractivity contribution in [2.75, 3.05) is 13.2 Å². The topological polar surface area (TPSA) is 32.8 Å². The van der Waals surface area contributed by atoms with Crippen LogP contribution in [0.3, 0.4) is 0 Å². The minimum atomic E-state index is -0.153. The third-order valence-electron chi connectivity index (χ3n) is 0.972. The summed E-state index contributed by atoms with van der Waals surface area (Å²) < 4.78 is 4.80. The number of ether oxygens (including phenoxy) is 1. The molecule has 2 heteroatoms. The molecule has 1 aliphatic rings. The van der Waals surface area contributed by atoms with Crippen LogP contribution in [0.2, 0.25) is 0 Å². The smallest absolute Gasteiger partial charge is 0.112 e. The Bertz CT molecular complexity index is 56.6. The maximum atomic E-state index is 8.34. The number of epoxide rings is 1. The molecule has 1 fully saturated rings. The minimum Gasteiger partial charge on any atom is -0.393 e. The molecule has 0 amide bonds. The van der Waals surface area contributed by atoms with Crippen molar-refractivity contribution in [3.63, 3.8) is 0 Å². The van der Waals surface area contributed by atoms with E-state index >= 15 is 0 Å². The largest absolute Gasteiger partial charge is 0.393 e. The Labute approximate surface area is 36.7 Å². The summed E-state index contributed by atoms with van der Waals surface area (Å²) in [4.78, 5) is 0. The van der Waals surface area contributed by atoms with E-state index < -0.39 is 0 Å². The van der Waals surface area contributed by atoms with Gasteiger partial charge in [0, 0.05) is 0 Å². The van der Waals surface area contributed by atoms with Gasteiger partial charge in [-0.2, -0.15) is 0 Å². The maximum absolute atomic E-state index is 8.34. The first-order valence-corrected chi connectivity index (χ1v) is 2.02. The van der Waals surface area contributed by atoms with Crippen LogP contribution < -0.4 is 0 Å². The van der Waals surface area contributed by atoms with Crippen molar-refractivity contribution in [3.8, 4) is 0 Å².